The number of hydrogen-bond acceptors (Lipinski definition) is 3. The van der Waals surface area contributed by atoms with Gasteiger partial charge in [-0.15, -0.1) is 12.4 Å². The Morgan fingerprint density at radius 3 is 2.64 bits per heavy atom. The van der Waals surface area contributed by atoms with Gasteiger partial charge in [-0.2, -0.15) is 0 Å². The van der Waals surface area contributed by atoms with E-state index in [9.17, 15) is 4.79 Å². The van der Waals surface area contributed by atoms with E-state index in [1.807, 2.05) is 55.5 Å². The largest absolute Gasteiger partial charge is 0.489 e. The highest BCUT2D eigenvalue weighted by atomic mass is 35.5. The lowest BCUT2D eigenvalue weighted by atomic mass is 10.1. The van der Waals surface area contributed by atoms with Gasteiger partial charge in [0, 0.05) is 17.6 Å². The van der Waals surface area contributed by atoms with Gasteiger partial charge in [0.15, 0.2) is 0 Å². The molecule has 0 aliphatic rings. The number of carbonyl (C=O) groups is 1. The molecule has 4 nitrogen and oxygen atoms in total. The van der Waals surface area contributed by atoms with E-state index in [-0.39, 0.29) is 24.4 Å². The van der Waals surface area contributed by atoms with Gasteiger partial charge in [0.1, 0.15) is 12.4 Å². The van der Waals surface area contributed by atoms with Gasteiger partial charge in [-0.1, -0.05) is 35.9 Å². The number of rotatable bonds is 8. The third kappa shape index (κ3) is 8.25. The molecule has 6 heteroatoms. The van der Waals surface area contributed by atoms with Crippen molar-refractivity contribution in [3.8, 4) is 5.75 Å². The standard InChI is InChI=1S/C19H23ClN2O2.ClH/c1-14(21)8-9-22-19(23)12-15-4-3-7-18(11-15)24-13-16-5-2-6-17(20)10-16;/h2-7,10-11,14H,8-9,12-13,21H2,1H3,(H,22,23);1H. The molecule has 0 aliphatic carbocycles. The van der Waals surface area contributed by atoms with E-state index < -0.39 is 0 Å². The van der Waals surface area contributed by atoms with Crippen LogP contribution in [-0.4, -0.2) is 18.5 Å². The van der Waals surface area contributed by atoms with Crippen LogP contribution in [0.15, 0.2) is 48.5 Å². The molecule has 1 unspecified atom stereocenters. The van der Waals surface area contributed by atoms with E-state index in [1.165, 1.54) is 0 Å². The van der Waals surface area contributed by atoms with Gasteiger partial charge in [0.25, 0.3) is 0 Å². The number of benzene rings is 2. The number of nitrogens with two attached hydrogens (primary N) is 1. The zero-order chi connectivity index (χ0) is 17.4. The van der Waals surface area contributed by atoms with Crippen LogP contribution < -0.4 is 15.8 Å². The molecule has 1 amide bonds. The van der Waals surface area contributed by atoms with Gasteiger partial charge >= 0.3 is 0 Å². The van der Waals surface area contributed by atoms with Crippen LogP contribution >= 0.6 is 24.0 Å². The predicted molar refractivity (Wildman–Crippen MR) is 104 cm³/mol. The SMILES string of the molecule is CC(N)CCNC(=O)Cc1cccc(OCc2cccc(Cl)c2)c1.Cl. The maximum Gasteiger partial charge on any atom is 0.224 e. The van der Waals surface area contributed by atoms with Crippen molar-refractivity contribution in [1.29, 1.82) is 0 Å². The number of nitrogens with one attached hydrogen (secondary N) is 1. The fourth-order valence-electron chi connectivity index (χ4n) is 2.23. The second-order valence-corrected chi connectivity index (χ2v) is 6.30. The van der Waals surface area contributed by atoms with E-state index in [1.54, 1.807) is 0 Å². The van der Waals surface area contributed by atoms with Gasteiger partial charge in [-0.25, -0.2) is 0 Å². The van der Waals surface area contributed by atoms with Crippen molar-refractivity contribution in [2.75, 3.05) is 6.54 Å². The van der Waals surface area contributed by atoms with Crippen molar-refractivity contribution in [2.24, 2.45) is 5.73 Å². The van der Waals surface area contributed by atoms with Gasteiger partial charge in [-0.05, 0) is 48.7 Å². The Morgan fingerprint density at radius 2 is 1.92 bits per heavy atom. The number of hydrogen-bond donors (Lipinski definition) is 2. The van der Waals surface area contributed by atoms with Crippen molar-refractivity contribution in [3.63, 3.8) is 0 Å². The molecule has 136 valence electrons. The molecule has 1 atom stereocenters. The first-order chi connectivity index (χ1) is 11.5. The maximum atomic E-state index is 11.9. The maximum absolute atomic E-state index is 11.9. The summed E-state index contributed by atoms with van der Waals surface area (Å²) >= 11 is 5.96. The number of halogens is 2. The second-order valence-electron chi connectivity index (χ2n) is 5.86. The minimum absolute atomic E-state index is 0. The lowest BCUT2D eigenvalue weighted by Gasteiger charge is -2.10. The molecule has 3 N–H and O–H groups in total. The summed E-state index contributed by atoms with van der Waals surface area (Å²) in [6, 6.07) is 15.2. The minimum Gasteiger partial charge on any atom is -0.489 e. The molecule has 0 saturated heterocycles. The lowest BCUT2D eigenvalue weighted by Crippen LogP contribution is -2.29. The van der Waals surface area contributed by atoms with Gasteiger partial charge in [-0.3, -0.25) is 4.79 Å². The van der Waals surface area contributed by atoms with Gasteiger partial charge in [0.05, 0.1) is 6.42 Å². The fraction of sp³-hybridized carbons (Fsp3) is 0.316. The van der Waals surface area contributed by atoms with Crippen LogP contribution in [0.4, 0.5) is 0 Å². The molecule has 25 heavy (non-hydrogen) atoms. The molecule has 0 heterocycles. The highest BCUT2D eigenvalue weighted by molar-refractivity contribution is 6.30. The second kappa shape index (κ2) is 11.0. The van der Waals surface area contributed by atoms with Crippen LogP contribution in [0.2, 0.25) is 5.02 Å². The Hall–Kier alpha value is -1.75. The Labute approximate surface area is 160 Å². The third-order valence-corrected chi connectivity index (χ3v) is 3.71. The summed E-state index contributed by atoms with van der Waals surface area (Å²) in [5, 5.41) is 3.56. The van der Waals surface area contributed by atoms with Crippen molar-refractivity contribution in [1.82, 2.24) is 5.32 Å². The fourth-order valence-corrected chi connectivity index (χ4v) is 2.44. The normalized spacial score (nSPS) is 11.3. The summed E-state index contributed by atoms with van der Waals surface area (Å²) in [4.78, 5) is 11.9. The van der Waals surface area contributed by atoms with Crippen LogP contribution in [-0.2, 0) is 17.8 Å². The first-order valence-corrected chi connectivity index (χ1v) is 8.39. The van der Waals surface area contributed by atoms with E-state index in [2.05, 4.69) is 5.32 Å². The molecule has 0 radical (unpaired) electrons. The van der Waals surface area contributed by atoms with Crippen LogP contribution in [0.3, 0.4) is 0 Å². The van der Waals surface area contributed by atoms with Crippen LogP contribution in [0.25, 0.3) is 0 Å². The zero-order valence-electron chi connectivity index (χ0n) is 14.2. The van der Waals surface area contributed by atoms with E-state index in [4.69, 9.17) is 22.1 Å². The first-order valence-electron chi connectivity index (χ1n) is 8.01. The van der Waals surface area contributed by atoms with Crippen LogP contribution in [0.5, 0.6) is 5.75 Å². The number of amides is 1. The summed E-state index contributed by atoms with van der Waals surface area (Å²) in [6.45, 7) is 2.96. The van der Waals surface area contributed by atoms with Gasteiger partial charge < -0.3 is 15.8 Å². The molecule has 2 aromatic rings. The average molecular weight is 383 g/mol. The van der Waals surface area contributed by atoms with E-state index in [0.717, 1.165) is 23.3 Å². The quantitative estimate of drug-likeness (QED) is 0.730. The zero-order valence-corrected chi connectivity index (χ0v) is 15.8. The Balaban J connectivity index is 0.00000312. The van der Waals surface area contributed by atoms with Crippen LogP contribution in [0.1, 0.15) is 24.5 Å². The van der Waals surface area contributed by atoms with E-state index >= 15 is 0 Å². The highest BCUT2D eigenvalue weighted by Crippen LogP contribution is 2.17. The summed E-state index contributed by atoms with van der Waals surface area (Å²) in [5.41, 5.74) is 7.58. The monoisotopic (exact) mass is 382 g/mol. The predicted octanol–water partition coefficient (Wildman–Crippen LogP) is 3.74. The Morgan fingerprint density at radius 1 is 1.20 bits per heavy atom. The van der Waals surface area contributed by atoms with Crippen molar-refractivity contribution < 1.29 is 9.53 Å². The molecular weight excluding hydrogens is 359 g/mol. The Kier molecular flexibility index (Phi) is 9.35. The highest BCUT2D eigenvalue weighted by Gasteiger charge is 2.05. The van der Waals surface area contributed by atoms with Crippen molar-refractivity contribution in [3.05, 3.63) is 64.7 Å². The van der Waals surface area contributed by atoms with Crippen molar-refractivity contribution >= 4 is 29.9 Å². The molecule has 0 fully saturated rings. The molecule has 2 aromatic carbocycles. The smallest absolute Gasteiger partial charge is 0.224 e. The Bertz CT molecular complexity index is 678. The molecular formula is C19H24Cl2N2O2. The third-order valence-electron chi connectivity index (χ3n) is 3.48. The molecule has 0 bridgehead atoms. The minimum atomic E-state index is -0.0114. The van der Waals surface area contributed by atoms with E-state index in [0.29, 0.717) is 24.6 Å². The van der Waals surface area contributed by atoms with Crippen LogP contribution in [0, 0.1) is 0 Å². The summed E-state index contributed by atoms with van der Waals surface area (Å²) in [5.74, 6) is 0.721. The first kappa shape index (κ1) is 21.3. The average Bonchev–Trinajstić information content (AvgIpc) is 2.53. The molecule has 0 aromatic heterocycles. The summed E-state index contributed by atoms with van der Waals surface area (Å²) in [7, 11) is 0. The van der Waals surface area contributed by atoms with Crippen molar-refractivity contribution in [2.45, 2.75) is 32.4 Å². The van der Waals surface area contributed by atoms with Gasteiger partial charge in [0.2, 0.25) is 5.91 Å². The summed E-state index contributed by atoms with van der Waals surface area (Å²) in [6.07, 6.45) is 1.10. The molecule has 0 spiro atoms. The topological polar surface area (TPSA) is 64.3 Å². The number of carbonyl (C=O) groups excluding carboxylic acids is 1. The summed E-state index contributed by atoms with van der Waals surface area (Å²) < 4.78 is 5.78. The lowest BCUT2D eigenvalue weighted by molar-refractivity contribution is -0.120. The molecule has 2 rings (SSSR count). The molecule has 0 saturated carbocycles. The molecule has 0 aliphatic heterocycles. The number of ether oxygens (including phenoxy) is 1.